The van der Waals surface area contributed by atoms with E-state index in [4.69, 9.17) is 33.2 Å². The van der Waals surface area contributed by atoms with Crippen molar-refractivity contribution in [3.05, 3.63) is 0 Å². The normalized spacial score (nSPS) is 37.1. The maximum atomic E-state index is 11.9. The first kappa shape index (κ1) is 29.0. The Morgan fingerprint density at radius 2 is 1.11 bits per heavy atom. The SMILES string of the molecule is CC(=O)OCC1O[C@@H](O[C@@H]2C(COC(C)=O)OC(C)[C@@H](OC(C)=O)C2C)[C@@H](OC(C)=O)C(C)[C@H]1C. The Morgan fingerprint density at radius 1 is 0.600 bits per heavy atom. The van der Waals surface area contributed by atoms with Crippen molar-refractivity contribution in [2.24, 2.45) is 17.8 Å². The van der Waals surface area contributed by atoms with Crippen molar-refractivity contribution in [1.82, 2.24) is 0 Å². The zero-order valence-corrected chi connectivity index (χ0v) is 21.7. The first-order valence-corrected chi connectivity index (χ1v) is 11.9. The summed E-state index contributed by atoms with van der Waals surface area (Å²) in [5.41, 5.74) is 0. The molecule has 0 radical (unpaired) electrons. The number of hydrogen-bond donors (Lipinski definition) is 0. The molecule has 0 bridgehead atoms. The molecule has 2 rings (SSSR count). The van der Waals surface area contributed by atoms with Crippen molar-refractivity contribution in [2.75, 3.05) is 13.2 Å². The summed E-state index contributed by atoms with van der Waals surface area (Å²) in [7, 11) is 0. The second-order valence-electron chi connectivity index (χ2n) is 9.35. The lowest BCUT2D eigenvalue weighted by atomic mass is 9.83. The zero-order valence-electron chi connectivity index (χ0n) is 21.7. The van der Waals surface area contributed by atoms with Crippen LogP contribution in [0.5, 0.6) is 0 Å². The minimum Gasteiger partial charge on any atom is -0.463 e. The minimum absolute atomic E-state index is 0.00813. The van der Waals surface area contributed by atoms with Crippen LogP contribution >= 0.6 is 0 Å². The van der Waals surface area contributed by atoms with Crippen LogP contribution in [0.15, 0.2) is 0 Å². The Labute approximate surface area is 206 Å². The van der Waals surface area contributed by atoms with Crippen LogP contribution in [-0.2, 0) is 52.3 Å². The molecule has 11 nitrogen and oxygen atoms in total. The Bertz CT molecular complexity index is 765. The molecular formula is C24H38O11. The van der Waals surface area contributed by atoms with Gasteiger partial charge in [0.05, 0.1) is 18.3 Å². The number of hydrogen-bond acceptors (Lipinski definition) is 11. The smallest absolute Gasteiger partial charge is 0.303 e. The highest BCUT2D eigenvalue weighted by Crippen LogP contribution is 2.37. The summed E-state index contributed by atoms with van der Waals surface area (Å²) in [6, 6.07) is 0. The first-order valence-electron chi connectivity index (χ1n) is 11.9. The summed E-state index contributed by atoms with van der Waals surface area (Å²) in [5, 5.41) is 0. The van der Waals surface area contributed by atoms with Gasteiger partial charge < -0.3 is 33.2 Å². The van der Waals surface area contributed by atoms with Crippen LogP contribution in [-0.4, -0.2) is 80.0 Å². The van der Waals surface area contributed by atoms with Crippen LogP contribution in [0.3, 0.4) is 0 Å². The zero-order chi connectivity index (χ0) is 26.4. The molecular weight excluding hydrogens is 464 g/mol. The Hall–Kier alpha value is -2.24. The molecule has 2 fully saturated rings. The number of ether oxygens (including phenoxy) is 7. The van der Waals surface area contributed by atoms with Gasteiger partial charge in [0.2, 0.25) is 0 Å². The molecule has 2 heterocycles. The van der Waals surface area contributed by atoms with E-state index in [0.29, 0.717) is 0 Å². The average molecular weight is 503 g/mol. The van der Waals surface area contributed by atoms with Gasteiger partial charge in [-0.15, -0.1) is 0 Å². The van der Waals surface area contributed by atoms with E-state index in [-0.39, 0.29) is 31.0 Å². The van der Waals surface area contributed by atoms with Crippen molar-refractivity contribution in [2.45, 2.75) is 98.3 Å². The van der Waals surface area contributed by atoms with E-state index >= 15 is 0 Å². The number of esters is 4. The van der Waals surface area contributed by atoms with Crippen molar-refractivity contribution in [3.63, 3.8) is 0 Å². The molecule has 0 spiro atoms. The number of carbonyl (C=O) groups is 4. The van der Waals surface area contributed by atoms with Gasteiger partial charge in [-0.3, -0.25) is 19.2 Å². The van der Waals surface area contributed by atoms with Gasteiger partial charge >= 0.3 is 23.9 Å². The predicted octanol–water partition coefficient (Wildman–Crippen LogP) is 1.78. The van der Waals surface area contributed by atoms with Crippen LogP contribution in [0, 0.1) is 17.8 Å². The Kier molecular flexibility index (Phi) is 10.5. The molecule has 0 aromatic carbocycles. The summed E-state index contributed by atoms with van der Waals surface area (Å²) < 4.78 is 40.0. The summed E-state index contributed by atoms with van der Waals surface area (Å²) in [4.78, 5) is 46.4. The Balaban J connectivity index is 2.34. The molecule has 0 amide bonds. The van der Waals surface area contributed by atoms with Crippen molar-refractivity contribution >= 4 is 23.9 Å². The van der Waals surface area contributed by atoms with E-state index in [1.165, 1.54) is 27.7 Å². The van der Waals surface area contributed by atoms with E-state index in [9.17, 15) is 19.2 Å². The van der Waals surface area contributed by atoms with Crippen LogP contribution < -0.4 is 0 Å². The van der Waals surface area contributed by atoms with Gasteiger partial charge in [0.1, 0.15) is 25.4 Å². The highest BCUT2D eigenvalue weighted by atomic mass is 16.7. The van der Waals surface area contributed by atoms with E-state index < -0.39 is 66.8 Å². The van der Waals surface area contributed by atoms with Gasteiger partial charge in [0, 0.05) is 39.5 Å². The van der Waals surface area contributed by atoms with Crippen molar-refractivity contribution in [3.8, 4) is 0 Å². The molecule has 2 saturated heterocycles. The molecule has 2 aliphatic heterocycles. The van der Waals surface area contributed by atoms with E-state index in [1.807, 2.05) is 20.8 Å². The largest absolute Gasteiger partial charge is 0.463 e. The second kappa shape index (κ2) is 12.6. The quantitative estimate of drug-likeness (QED) is 0.355. The highest BCUT2D eigenvalue weighted by molar-refractivity contribution is 5.67. The van der Waals surface area contributed by atoms with Gasteiger partial charge in [-0.25, -0.2) is 0 Å². The van der Waals surface area contributed by atoms with Crippen LogP contribution in [0.4, 0.5) is 0 Å². The topological polar surface area (TPSA) is 133 Å². The second-order valence-corrected chi connectivity index (χ2v) is 9.35. The van der Waals surface area contributed by atoms with Gasteiger partial charge in [0.15, 0.2) is 12.4 Å². The maximum Gasteiger partial charge on any atom is 0.303 e. The van der Waals surface area contributed by atoms with Crippen molar-refractivity contribution in [1.29, 1.82) is 0 Å². The van der Waals surface area contributed by atoms with Crippen molar-refractivity contribution < 1.29 is 52.3 Å². The average Bonchev–Trinajstić information content (AvgIpc) is 2.75. The summed E-state index contributed by atoms with van der Waals surface area (Å²) in [6.07, 6.45) is -4.86. The van der Waals surface area contributed by atoms with Gasteiger partial charge in [-0.05, 0) is 12.8 Å². The van der Waals surface area contributed by atoms with Crippen LogP contribution in [0.1, 0.15) is 55.4 Å². The summed E-state index contributed by atoms with van der Waals surface area (Å²) in [5.74, 6) is -2.60. The monoisotopic (exact) mass is 502 g/mol. The van der Waals surface area contributed by atoms with Gasteiger partial charge in [-0.1, -0.05) is 20.8 Å². The molecule has 0 saturated carbocycles. The van der Waals surface area contributed by atoms with E-state index in [2.05, 4.69) is 0 Å². The lowest BCUT2D eigenvalue weighted by Gasteiger charge is -2.48. The van der Waals surface area contributed by atoms with Gasteiger partial charge in [-0.2, -0.15) is 0 Å². The standard InChI is InChI=1S/C24H38O11/c1-11-12(2)23(33-18(8)28)24(34-19(11)9-29-15(5)25)35-22-13(3)21(32-17(7)27)14(4)31-20(22)10-30-16(6)26/h11-14,19-24H,9-10H2,1-8H3/t11-,12?,13?,14?,19?,20?,21+,22+,23+,24+/m1/s1. The lowest BCUT2D eigenvalue weighted by Crippen LogP contribution is -2.60. The predicted molar refractivity (Wildman–Crippen MR) is 120 cm³/mol. The van der Waals surface area contributed by atoms with Crippen LogP contribution in [0.25, 0.3) is 0 Å². The molecule has 200 valence electrons. The highest BCUT2D eigenvalue weighted by Gasteiger charge is 2.50. The molecule has 2 aliphatic rings. The number of rotatable bonds is 8. The fraction of sp³-hybridized carbons (Fsp3) is 0.833. The molecule has 0 aromatic heterocycles. The first-order chi connectivity index (χ1) is 16.3. The summed E-state index contributed by atoms with van der Waals surface area (Å²) >= 11 is 0. The maximum absolute atomic E-state index is 11.9. The molecule has 0 N–H and O–H groups in total. The minimum atomic E-state index is -1.03. The third-order valence-corrected chi connectivity index (χ3v) is 6.56. The summed E-state index contributed by atoms with van der Waals surface area (Å²) in [6.45, 7) is 12.5. The lowest BCUT2D eigenvalue weighted by molar-refractivity contribution is -0.323. The van der Waals surface area contributed by atoms with Gasteiger partial charge in [0.25, 0.3) is 0 Å². The van der Waals surface area contributed by atoms with E-state index in [1.54, 1.807) is 6.92 Å². The fourth-order valence-corrected chi connectivity index (χ4v) is 4.59. The van der Waals surface area contributed by atoms with E-state index in [0.717, 1.165) is 0 Å². The molecule has 10 atom stereocenters. The number of carbonyl (C=O) groups excluding carboxylic acids is 4. The molecule has 11 heteroatoms. The molecule has 5 unspecified atom stereocenters. The fourth-order valence-electron chi connectivity index (χ4n) is 4.59. The molecule has 0 aromatic rings. The molecule has 35 heavy (non-hydrogen) atoms. The molecule has 0 aliphatic carbocycles. The Morgan fingerprint density at radius 3 is 1.63 bits per heavy atom. The van der Waals surface area contributed by atoms with Crippen LogP contribution in [0.2, 0.25) is 0 Å². The third-order valence-electron chi connectivity index (χ3n) is 6.56. The third kappa shape index (κ3) is 7.88.